The van der Waals surface area contributed by atoms with Crippen molar-refractivity contribution in [2.24, 2.45) is 0 Å². The molecule has 1 N–H and O–H groups in total. The molecule has 23 heavy (non-hydrogen) atoms. The van der Waals surface area contributed by atoms with Crippen LogP contribution in [0.15, 0.2) is 48.5 Å². The molecule has 1 amide bonds. The number of fused-ring (bicyclic) bond motifs is 1. The lowest BCUT2D eigenvalue weighted by Crippen LogP contribution is -2.45. The summed E-state index contributed by atoms with van der Waals surface area (Å²) in [6.45, 7) is 4.16. The summed E-state index contributed by atoms with van der Waals surface area (Å²) in [5, 5.41) is 3.19. The molecule has 0 atom stereocenters. The molecule has 0 saturated carbocycles. The van der Waals surface area contributed by atoms with Crippen molar-refractivity contribution in [3.05, 3.63) is 70.8 Å². The number of rotatable bonds is 4. The van der Waals surface area contributed by atoms with Crippen LogP contribution in [-0.4, -0.2) is 11.4 Å². The van der Waals surface area contributed by atoms with E-state index in [9.17, 15) is 4.79 Å². The molecule has 2 nitrogen and oxygen atoms in total. The maximum absolute atomic E-state index is 12.6. The number of benzene rings is 2. The molecule has 0 radical (unpaired) electrons. The molecule has 0 spiro atoms. The van der Waals surface area contributed by atoms with Crippen LogP contribution in [0.4, 0.5) is 0 Å². The van der Waals surface area contributed by atoms with Gasteiger partial charge in [-0.1, -0.05) is 36.4 Å². The van der Waals surface area contributed by atoms with Gasteiger partial charge in [-0.25, -0.2) is 0 Å². The maximum atomic E-state index is 12.6. The van der Waals surface area contributed by atoms with Gasteiger partial charge >= 0.3 is 0 Å². The van der Waals surface area contributed by atoms with Gasteiger partial charge in [-0.3, -0.25) is 4.79 Å². The minimum Gasteiger partial charge on any atom is -0.347 e. The second-order valence-corrected chi connectivity index (χ2v) is 7.19. The van der Waals surface area contributed by atoms with Crippen molar-refractivity contribution in [2.75, 3.05) is 0 Å². The Labute approximate surface area is 138 Å². The molecule has 1 aliphatic carbocycles. The summed E-state index contributed by atoms with van der Waals surface area (Å²) >= 11 is 0. The van der Waals surface area contributed by atoms with Gasteiger partial charge in [-0.2, -0.15) is 0 Å². The van der Waals surface area contributed by atoms with Gasteiger partial charge in [0.15, 0.2) is 0 Å². The molecule has 1 aliphatic rings. The molecule has 0 saturated heterocycles. The van der Waals surface area contributed by atoms with Gasteiger partial charge in [0.25, 0.3) is 5.91 Å². The van der Waals surface area contributed by atoms with Crippen LogP contribution in [0.3, 0.4) is 0 Å². The quantitative estimate of drug-likeness (QED) is 0.895. The average Bonchev–Trinajstić information content (AvgIpc) is 2.54. The van der Waals surface area contributed by atoms with Crippen molar-refractivity contribution in [3.8, 4) is 0 Å². The van der Waals surface area contributed by atoms with Crippen molar-refractivity contribution < 1.29 is 4.79 Å². The maximum Gasteiger partial charge on any atom is 0.251 e. The minimum atomic E-state index is -0.270. The van der Waals surface area contributed by atoms with Crippen LogP contribution >= 0.6 is 0 Å². The van der Waals surface area contributed by atoms with Gasteiger partial charge in [0, 0.05) is 11.1 Å². The lowest BCUT2D eigenvalue weighted by Gasteiger charge is -2.27. The van der Waals surface area contributed by atoms with Gasteiger partial charge < -0.3 is 5.32 Å². The van der Waals surface area contributed by atoms with E-state index in [1.807, 2.05) is 24.3 Å². The number of amides is 1. The van der Waals surface area contributed by atoms with E-state index in [1.54, 1.807) is 0 Å². The Kier molecular flexibility index (Phi) is 4.51. The summed E-state index contributed by atoms with van der Waals surface area (Å²) < 4.78 is 0. The van der Waals surface area contributed by atoms with Gasteiger partial charge in [0.05, 0.1) is 0 Å². The van der Waals surface area contributed by atoms with Gasteiger partial charge in [-0.15, -0.1) is 0 Å². The highest BCUT2D eigenvalue weighted by Gasteiger charge is 2.22. The Bertz CT molecular complexity index is 688. The van der Waals surface area contributed by atoms with E-state index in [-0.39, 0.29) is 11.4 Å². The highest BCUT2D eigenvalue weighted by atomic mass is 16.1. The highest BCUT2D eigenvalue weighted by Crippen LogP contribution is 2.22. The zero-order valence-corrected chi connectivity index (χ0v) is 14.1. The second-order valence-electron chi connectivity index (χ2n) is 7.19. The second kappa shape index (κ2) is 6.57. The summed E-state index contributed by atoms with van der Waals surface area (Å²) in [6.07, 6.45) is 5.57. The fourth-order valence-corrected chi connectivity index (χ4v) is 3.40. The van der Waals surface area contributed by atoms with Crippen LogP contribution in [0.2, 0.25) is 0 Å². The molecule has 3 rings (SSSR count). The zero-order chi connectivity index (χ0) is 16.3. The smallest absolute Gasteiger partial charge is 0.251 e. The molecule has 0 heterocycles. The summed E-state index contributed by atoms with van der Waals surface area (Å²) in [7, 11) is 0. The summed E-state index contributed by atoms with van der Waals surface area (Å²) in [6, 6.07) is 16.5. The number of hydrogen-bond donors (Lipinski definition) is 1. The van der Waals surface area contributed by atoms with E-state index in [0.717, 1.165) is 24.8 Å². The molecule has 0 fully saturated rings. The lowest BCUT2D eigenvalue weighted by molar-refractivity contribution is 0.0913. The normalized spacial score (nSPS) is 14.2. The summed E-state index contributed by atoms with van der Waals surface area (Å²) in [4.78, 5) is 12.6. The molecule has 2 aromatic carbocycles. The van der Waals surface area contributed by atoms with E-state index < -0.39 is 0 Å². The standard InChI is InChI=1S/C21H25NO/c1-21(2,15-16-8-4-3-5-9-16)22-20(23)19-13-12-17-10-6-7-11-18(17)14-19/h3-5,8-9,12-14H,6-7,10-11,15H2,1-2H3,(H,22,23). The predicted octanol–water partition coefficient (Wildman–Crippen LogP) is 4.32. The third-order valence-corrected chi connectivity index (χ3v) is 4.55. The fourth-order valence-electron chi connectivity index (χ4n) is 3.40. The van der Waals surface area contributed by atoms with Gasteiger partial charge in [0.2, 0.25) is 0 Å². The third kappa shape index (κ3) is 4.01. The van der Waals surface area contributed by atoms with Crippen molar-refractivity contribution in [1.29, 1.82) is 0 Å². The van der Waals surface area contributed by atoms with E-state index in [1.165, 1.54) is 29.5 Å². The SMILES string of the molecule is CC(C)(Cc1ccccc1)NC(=O)c1ccc2c(c1)CCCC2. The highest BCUT2D eigenvalue weighted by molar-refractivity contribution is 5.95. The Hall–Kier alpha value is -2.09. The number of carbonyl (C=O) groups is 1. The number of aryl methyl sites for hydroxylation is 2. The van der Waals surface area contributed by atoms with E-state index in [0.29, 0.717) is 0 Å². The Morgan fingerprint density at radius 3 is 2.43 bits per heavy atom. The van der Waals surface area contributed by atoms with Crippen molar-refractivity contribution >= 4 is 5.91 Å². The van der Waals surface area contributed by atoms with Crippen molar-refractivity contribution in [2.45, 2.75) is 51.5 Å². The van der Waals surface area contributed by atoms with Crippen LogP contribution in [0.5, 0.6) is 0 Å². The number of hydrogen-bond acceptors (Lipinski definition) is 1. The topological polar surface area (TPSA) is 29.1 Å². The first-order valence-electron chi connectivity index (χ1n) is 8.52. The van der Waals surface area contributed by atoms with Crippen LogP contribution in [0, 0.1) is 0 Å². The number of carbonyl (C=O) groups excluding carboxylic acids is 1. The molecule has 0 unspecified atom stereocenters. The zero-order valence-electron chi connectivity index (χ0n) is 14.1. The monoisotopic (exact) mass is 307 g/mol. The molecular formula is C21H25NO. The van der Waals surface area contributed by atoms with Crippen LogP contribution in [-0.2, 0) is 19.3 Å². The minimum absolute atomic E-state index is 0.0271. The molecule has 2 heteroatoms. The summed E-state index contributed by atoms with van der Waals surface area (Å²) in [5.41, 5.74) is 4.52. The van der Waals surface area contributed by atoms with E-state index in [4.69, 9.17) is 0 Å². The third-order valence-electron chi connectivity index (χ3n) is 4.55. The Morgan fingerprint density at radius 2 is 1.70 bits per heavy atom. The molecule has 2 aromatic rings. The predicted molar refractivity (Wildman–Crippen MR) is 94.8 cm³/mol. The number of nitrogens with one attached hydrogen (secondary N) is 1. The molecule has 0 bridgehead atoms. The first kappa shape index (κ1) is 15.8. The Balaban J connectivity index is 1.70. The molecule has 0 aromatic heterocycles. The first-order chi connectivity index (χ1) is 11.0. The molecule has 120 valence electrons. The first-order valence-corrected chi connectivity index (χ1v) is 8.52. The largest absolute Gasteiger partial charge is 0.347 e. The average molecular weight is 307 g/mol. The van der Waals surface area contributed by atoms with Gasteiger partial charge in [0.1, 0.15) is 0 Å². The fraction of sp³-hybridized carbons (Fsp3) is 0.381. The van der Waals surface area contributed by atoms with Crippen LogP contribution < -0.4 is 5.32 Å². The van der Waals surface area contributed by atoms with E-state index in [2.05, 4.69) is 43.4 Å². The van der Waals surface area contributed by atoms with Crippen molar-refractivity contribution in [1.82, 2.24) is 5.32 Å². The Morgan fingerprint density at radius 1 is 1.00 bits per heavy atom. The van der Waals surface area contributed by atoms with Crippen molar-refractivity contribution in [3.63, 3.8) is 0 Å². The molecular weight excluding hydrogens is 282 g/mol. The van der Waals surface area contributed by atoms with Crippen LogP contribution in [0.1, 0.15) is 53.7 Å². The summed E-state index contributed by atoms with van der Waals surface area (Å²) in [5.74, 6) is 0.0271. The van der Waals surface area contributed by atoms with Crippen LogP contribution in [0.25, 0.3) is 0 Å². The van der Waals surface area contributed by atoms with Gasteiger partial charge in [-0.05, 0) is 74.8 Å². The lowest BCUT2D eigenvalue weighted by atomic mass is 9.90. The molecule has 0 aliphatic heterocycles. The van der Waals surface area contributed by atoms with E-state index >= 15 is 0 Å².